The van der Waals surface area contributed by atoms with Crippen LogP contribution in [0, 0.1) is 0 Å². The van der Waals surface area contributed by atoms with Gasteiger partial charge in [-0.3, -0.25) is 0 Å². The summed E-state index contributed by atoms with van der Waals surface area (Å²) in [5.74, 6) is 0. The third kappa shape index (κ3) is 2.91. The van der Waals surface area contributed by atoms with Gasteiger partial charge in [-0.05, 0) is 74.7 Å². The van der Waals surface area contributed by atoms with Crippen LogP contribution in [0.25, 0.3) is 0 Å². The van der Waals surface area contributed by atoms with E-state index in [-0.39, 0.29) is 0 Å². The van der Waals surface area contributed by atoms with Crippen molar-refractivity contribution in [2.75, 3.05) is 46.5 Å². The first kappa shape index (κ1) is 18.9. The number of nitrogens with zero attached hydrogens (tertiary/aromatic N) is 4. The average molecular weight is 385 g/mol. The molecule has 0 aromatic heterocycles. The zero-order chi connectivity index (χ0) is 19.3. The number of hydrogen-bond donors (Lipinski definition) is 0. The molecule has 0 unspecified atom stereocenters. The Morgan fingerprint density at radius 3 is 1.04 bits per heavy atom. The molecular weight excluding hydrogens is 352 g/mol. The molecule has 0 saturated carbocycles. The monoisotopic (exact) mass is 384 g/mol. The molecule has 1 aliphatic heterocycles. The molecule has 1 saturated heterocycles. The van der Waals surface area contributed by atoms with Gasteiger partial charge in [-0.2, -0.15) is 0 Å². The van der Waals surface area contributed by atoms with Crippen molar-refractivity contribution in [2.24, 2.45) is 0 Å². The number of anilines is 4. The zero-order valence-corrected chi connectivity index (χ0v) is 19.4. The zero-order valence-electron chi connectivity index (χ0n) is 17.4. The second-order valence-corrected chi connectivity index (χ2v) is 17.1. The van der Waals surface area contributed by atoms with E-state index in [1.54, 1.807) is 0 Å². The van der Waals surface area contributed by atoms with E-state index in [0.717, 1.165) is 0 Å². The van der Waals surface area contributed by atoms with Crippen molar-refractivity contribution in [1.29, 1.82) is 0 Å². The fourth-order valence-corrected chi connectivity index (χ4v) is 19.3. The SMILES string of the molecule is CN(C)c1ccc(N2[Si](C)(C)N(c3ccc(N(C)C)cc3)[Si]2(C)C)cc1. The van der Waals surface area contributed by atoms with Crippen LogP contribution < -0.4 is 18.3 Å². The number of hydrogen-bond acceptors (Lipinski definition) is 4. The topological polar surface area (TPSA) is 13.0 Å². The molecule has 1 heterocycles. The maximum Gasteiger partial charge on any atom is 0.244 e. The Bertz CT molecular complexity index is 688. The van der Waals surface area contributed by atoms with Crippen LogP contribution in [0.3, 0.4) is 0 Å². The predicted molar refractivity (Wildman–Crippen MR) is 121 cm³/mol. The molecule has 1 aliphatic rings. The Morgan fingerprint density at radius 2 is 0.808 bits per heavy atom. The Labute approximate surface area is 161 Å². The number of benzene rings is 2. The highest BCUT2D eigenvalue weighted by atomic mass is 28.5. The highest BCUT2D eigenvalue weighted by Gasteiger charge is 2.61. The predicted octanol–water partition coefficient (Wildman–Crippen LogP) is 4.55. The summed E-state index contributed by atoms with van der Waals surface area (Å²) in [4.78, 5) is 4.31. The summed E-state index contributed by atoms with van der Waals surface area (Å²) >= 11 is 0. The van der Waals surface area contributed by atoms with Crippen molar-refractivity contribution in [2.45, 2.75) is 26.2 Å². The van der Waals surface area contributed by atoms with E-state index in [2.05, 4.69) is 121 Å². The first-order valence-electron chi connectivity index (χ1n) is 9.22. The fraction of sp³-hybridized carbons (Fsp3) is 0.400. The molecule has 0 amide bonds. The Hall–Kier alpha value is -1.93. The molecule has 2 aromatic rings. The molecule has 0 N–H and O–H groups in total. The lowest BCUT2D eigenvalue weighted by Crippen LogP contribution is -2.91. The fourth-order valence-electron chi connectivity index (χ4n) is 4.56. The van der Waals surface area contributed by atoms with Crippen LogP contribution in [0.1, 0.15) is 0 Å². The maximum atomic E-state index is 2.78. The minimum Gasteiger partial charge on any atom is -0.393 e. The molecule has 26 heavy (non-hydrogen) atoms. The van der Waals surface area contributed by atoms with Crippen molar-refractivity contribution in [3.05, 3.63) is 48.5 Å². The van der Waals surface area contributed by atoms with Crippen molar-refractivity contribution >= 4 is 39.5 Å². The summed E-state index contributed by atoms with van der Waals surface area (Å²) in [5.41, 5.74) is 5.27. The van der Waals surface area contributed by atoms with Crippen LogP contribution in [0.15, 0.2) is 48.5 Å². The van der Waals surface area contributed by atoms with E-state index < -0.39 is 16.8 Å². The van der Waals surface area contributed by atoms with Crippen LogP contribution in [0.2, 0.25) is 26.2 Å². The molecule has 3 rings (SSSR count). The van der Waals surface area contributed by atoms with Gasteiger partial charge in [0.15, 0.2) is 0 Å². The van der Waals surface area contributed by atoms with Crippen molar-refractivity contribution in [3.8, 4) is 0 Å². The summed E-state index contributed by atoms with van der Waals surface area (Å²) in [6, 6.07) is 18.1. The summed E-state index contributed by atoms with van der Waals surface area (Å²) in [6.45, 7) is 9.85. The van der Waals surface area contributed by atoms with E-state index in [4.69, 9.17) is 0 Å². The molecule has 2 aromatic carbocycles. The van der Waals surface area contributed by atoms with Gasteiger partial charge >= 0.3 is 0 Å². The van der Waals surface area contributed by atoms with Crippen molar-refractivity contribution < 1.29 is 0 Å². The molecule has 4 nitrogen and oxygen atoms in total. The molecule has 0 atom stereocenters. The molecule has 140 valence electrons. The lowest BCUT2D eigenvalue weighted by Gasteiger charge is -2.69. The van der Waals surface area contributed by atoms with Crippen molar-refractivity contribution in [3.63, 3.8) is 0 Å². The van der Waals surface area contributed by atoms with E-state index >= 15 is 0 Å². The standard InChI is InChI=1S/C20H32N4Si2/c1-21(2)17-9-13-19(14-10-17)23-25(5,6)24(26(23,7)8)20-15-11-18(12-16-20)22(3)4/h9-16H,1-8H3. The molecule has 6 heteroatoms. The Kier molecular flexibility index (Phi) is 4.61. The molecule has 0 bridgehead atoms. The second-order valence-electron chi connectivity index (χ2n) is 8.48. The normalized spacial score (nSPS) is 17.7. The molecule has 0 spiro atoms. The summed E-state index contributed by atoms with van der Waals surface area (Å²) in [5, 5.41) is 0. The first-order chi connectivity index (χ1) is 12.1. The highest BCUT2D eigenvalue weighted by Crippen LogP contribution is 2.45. The summed E-state index contributed by atoms with van der Waals surface area (Å²) in [7, 11) is 4.94. The van der Waals surface area contributed by atoms with E-state index in [1.807, 2.05) is 0 Å². The summed E-state index contributed by atoms with van der Waals surface area (Å²) < 4.78 is 5.55. The highest BCUT2D eigenvalue weighted by molar-refractivity contribution is 7.20. The lowest BCUT2D eigenvalue weighted by molar-refractivity contribution is 1.12. The maximum absolute atomic E-state index is 2.78. The molecule has 1 fully saturated rings. The Balaban J connectivity index is 1.91. The van der Waals surface area contributed by atoms with Crippen LogP contribution in [0.4, 0.5) is 22.7 Å². The van der Waals surface area contributed by atoms with Gasteiger partial charge in [-0.15, -0.1) is 0 Å². The Morgan fingerprint density at radius 1 is 0.538 bits per heavy atom. The first-order valence-corrected chi connectivity index (χ1v) is 15.0. The minimum absolute atomic E-state index is 1.25. The third-order valence-electron chi connectivity index (χ3n) is 5.44. The average Bonchev–Trinajstić information content (AvgIpc) is 2.54. The number of rotatable bonds is 4. The third-order valence-corrected chi connectivity index (χ3v) is 17.4. The van der Waals surface area contributed by atoms with Gasteiger partial charge in [0, 0.05) is 50.9 Å². The molecular formula is C20H32N4Si2. The largest absolute Gasteiger partial charge is 0.393 e. The molecule has 0 aliphatic carbocycles. The van der Waals surface area contributed by atoms with Crippen molar-refractivity contribution in [1.82, 2.24) is 0 Å². The molecule has 0 radical (unpaired) electrons. The van der Waals surface area contributed by atoms with E-state index in [1.165, 1.54) is 22.7 Å². The smallest absolute Gasteiger partial charge is 0.244 e. The van der Waals surface area contributed by atoms with Crippen LogP contribution in [-0.4, -0.2) is 45.0 Å². The van der Waals surface area contributed by atoms with Crippen LogP contribution in [-0.2, 0) is 0 Å². The van der Waals surface area contributed by atoms with Crippen LogP contribution >= 0.6 is 0 Å². The quantitative estimate of drug-likeness (QED) is 0.717. The van der Waals surface area contributed by atoms with Gasteiger partial charge in [0.25, 0.3) is 0 Å². The van der Waals surface area contributed by atoms with E-state index in [0.29, 0.717) is 0 Å². The van der Waals surface area contributed by atoms with Gasteiger partial charge < -0.3 is 18.3 Å². The van der Waals surface area contributed by atoms with Gasteiger partial charge in [0.2, 0.25) is 16.8 Å². The van der Waals surface area contributed by atoms with Gasteiger partial charge in [-0.1, -0.05) is 0 Å². The van der Waals surface area contributed by atoms with Gasteiger partial charge in [0.1, 0.15) is 0 Å². The van der Waals surface area contributed by atoms with Gasteiger partial charge in [-0.25, -0.2) is 0 Å². The van der Waals surface area contributed by atoms with Gasteiger partial charge in [0.05, 0.1) is 0 Å². The lowest BCUT2D eigenvalue weighted by atomic mass is 10.3. The second kappa shape index (κ2) is 6.35. The summed E-state index contributed by atoms with van der Waals surface area (Å²) in [6.07, 6.45) is 0. The minimum atomic E-state index is -1.71. The van der Waals surface area contributed by atoms with Crippen LogP contribution in [0.5, 0.6) is 0 Å². The van der Waals surface area contributed by atoms with E-state index in [9.17, 15) is 0 Å².